The molecule has 0 radical (unpaired) electrons. The summed E-state index contributed by atoms with van der Waals surface area (Å²) in [5, 5.41) is 5.98. The van der Waals surface area contributed by atoms with Crippen molar-refractivity contribution in [2.45, 2.75) is 17.4 Å². The lowest BCUT2D eigenvalue weighted by Crippen LogP contribution is -2.29. The first-order valence-corrected chi connectivity index (χ1v) is 12.6. The molecule has 1 saturated heterocycles. The van der Waals surface area contributed by atoms with E-state index in [2.05, 4.69) is 20.0 Å². The highest BCUT2D eigenvalue weighted by Gasteiger charge is 2.30. The highest BCUT2D eigenvalue weighted by atomic mass is 35.5. The molecule has 3 aromatic rings. The topological polar surface area (TPSA) is 90.5 Å². The molecule has 0 bridgehead atoms. The molecular formula is C19H18Cl2F2N6O2S2. The highest BCUT2D eigenvalue weighted by molar-refractivity contribution is 7.94. The van der Waals surface area contributed by atoms with Gasteiger partial charge in [0, 0.05) is 48.5 Å². The molecule has 0 spiro atoms. The minimum atomic E-state index is -4.49. The summed E-state index contributed by atoms with van der Waals surface area (Å²) in [6.07, 6.45) is 2.01. The summed E-state index contributed by atoms with van der Waals surface area (Å²) < 4.78 is 58.4. The zero-order valence-corrected chi connectivity index (χ0v) is 20.2. The molecule has 1 fully saturated rings. The summed E-state index contributed by atoms with van der Waals surface area (Å²) in [7, 11) is -2.62. The molecule has 8 nitrogen and oxygen atoms in total. The van der Waals surface area contributed by atoms with Gasteiger partial charge in [-0.2, -0.15) is 12.8 Å². The van der Waals surface area contributed by atoms with E-state index in [-0.39, 0.29) is 21.9 Å². The van der Waals surface area contributed by atoms with Crippen LogP contribution in [0.15, 0.2) is 41.6 Å². The molecule has 1 atom stereocenters. The lowest BCUT2D eigenvalue weighted by Gasteiger charge is -2.23. The van der Waals surface area contributed by atoms with E-state index >= 15 is 0 Å². The largest absolute Gasteiger partial charge is 0.368 e. The summed E-state index contributed by atoms with van der Waals surface area (Å²) in [5.41, 5.74) is 1.20. The zero-order chi connectivity index (χ0) is 23.8. The van der Waals surface area contributed by atoms with Crippen LogP contribution in [0, 0.1) is 11.6 Å². The second-order valence-corrected chi connectivity index (χ2v) is 10.7. The van der Waals surface area contributed by atoms with Gasteiger partial charge >= 0.3 is 0 Å². The first-order valence-electron chi connectivity index (χ1n) is 9.66. The molecule has 176 valence electrons. The first-order chi connectivity index (χ1) is 15.7. The minimum Gasteiger partial charge on any atom is -0.368 e. The number of benzene rings is 2. The smallest absolute Gasteiger partial charge is 0.283 e. The second-order valence-electron chi connectivity index (χ2n) is 7.21. The number of sulfonamides is 1. The van der Waals surface area contributed by atoms with Gasteiger partial charge in [-0.25, -0.2) is 13.8 Å². The lowest BCUT2D eigenvalue weighted by atomic mass is 10.2. The van der Waals surface area contributed by atoms with Gasteiger partial charge in [-0.05, 0) is 37.7 Å². The number of likely N-dealkylation sites (N-methyl/N-ethyl adjacent to an activating group) is 1. The van der Waals surface area contributed by atoms with Crippen LogP contribution in [0.1, 0.15) is 6.42 Å². The maximum absolute atomic E-state index is 14.9. The van der Waals surface area contributed by atoms with Crippen LogP contribution in [0.2, 0.25) is 5.02 Å². The zero-order valence-electron chi connectivity index (χ0n) is 17.1. The van der Waals surface area contributed by atoms with E-state index in [0.29, 0.717) is 28.3 Å². The van der Waals surface area contributed by atoms with Crippen molar-refractivity contribution >= 4 is 67.1 Å². The van der Waals surface area contributed by atoms with Gasteiger partial charge < -0.3 is 15.5 Å². The van der Waals surface area contributed by atoms with E-state index in [9.17, 15) is 17.2 Å². The number of nitrogens with one attached hydrogen (secondary N) is 2. The standard InChI is InChI=1S/C19H18Cl2F2N6O2S2/c1-24-12-4-5-28(9-12)17-6-11(22)2-3-15(17)27-16-8-14(23)18(7-13(16)20)33(30,31)29(21)19-25-10-26-32-19/h2-3,6-8,10,12,24,27H,4-5,9H2,1H3. The van der Waals surface area contributed by atoms with Crippen molar-refractivity contribution in [2.75, 3.05) is 34.2 Å². The van der Waals surface area contributed by atoms with Crippen molar-refractivity contribution in [3.8, 4) is 0 Å². The molecule has 0 aliphatic carbocycles. The third kappa shape index (κ3) is 4.85. The van der Waals surface area contributed by atoms with Crippen LogP contribution < -0.4 is 19.4 Å². The monoisotopic (exact) mass is 534 g/mol. The molecule has 1 unspecified atom stereocenters. The van der Waals surface area contributed by atoms with Crippen molar-refractivity contribution in [2.24, 2.45) is 0 Å². The quantitative estimate of drug-likeness (QED) is 0.435. The summed E-state index contributed by atoms with van der Waals surface area (Å²) >= 11 is 12.9. The van der Waals surface area contributed by atoms with Crippen molar-refractivity contribution in [3.05, 3.63) is 53.3 Å². The molecule has 2 N–H and O–H groups in total. The van der Waals surface area contributed by atoms with Gasteiger partial charge in [0.15, 0.2) is 0 Å². The molecule has 2 aromatic carbocycles. The average molecular weight is 535 g/mol. The van der Waals surface area contributed by atoms with Gasteiger partial charge in [0.25, 0.3) is 10.0 Å². The van der Waals surface area contributed by atoms with E-state index in [1.807, 2.05) is 11.9 Å². The Hall–Kier alpha value is -2.25. The van der Waals surface area contributed by atoms with Gasteiger partial charge in [-0.15, -0.1) is 3.82 Å². The second kappa shape index (κ2) is 9.55. The van der Waals surface area contributed by atoms with Gasteiger partial charge in [-0.3, -0.25) is 0 Å². The maximum Gasteiger partial charge on any atom is 0.283 e. The van der Waals surface area contributed by atoms with E-state index in [1.54, 1.807) is 0 Å². The highest BCUT2D eigenvalue weighted by Crippen LogP contribution is 2.37. The van der Waals surface area contributed by atoms with E-state index < -0.39 is 26.6 Å². The van der Waals surface area contributed by atoms with Crippen LogP contribution in [0.25, 0.3) is 0 Å². The Morgan fingerprint density at radius 2 is 2.03 bits per heavy atom. The number of hydrogen-bond donors (Lipinski definition) is 2. The SMILES string of the molecule is CNC1CCN(c2cc(F)ccc2Nc2cc(F)c(S(=O)(=O)N(Cl)c3ncns3)cc2Cl)C1. The van der Waals surface area contributed by atoms with Gasteiger partial charge in [0.2, 0.25) is 5.13 Å². The van der Waals surface area contributed by atoms with Crippen molar-refractivity contribution in [1.82, 2.24) is 14.7 Å². The van der Waals surface area contributed by atoms with E-state index in [1.165, 1.54) is 18.2 Å². The van der Waals surface area contributed by atoms with Crippen LogP contribution in [-0.4, -0.2) is 44.0 Å². The molecule has 1 aromatic heterocycles. The summed E-state index contributed by atoms with van der Waals surface area (Å²) in [5.74, 6) is -1.49. The molecule has 14 heteroatoms. The van der Waals surface area contributed by atoms with Gasteiger partial charge in [0.1, 0.15) is 22.9 Å². The van der Waals surface area contributed by atoms with Crippen molar-refractivity contribution in [1.29, 1.82) is 0 Å². The van der Waals surface area contributed by atoms with Crippen LogP contribution in [0.4, 0.5) is 31.0 Å². The number of anilines is 4. The molecule has 1 aliphatic rings. The number of hydrogen-bond acceptors (Lipinski definition) is 8. The Morgan fingerprint density at radius 3 is 2.70 bits per heavy atom. The van der Waals surface area contributed by atoms with Crippen LogP contribution in [0.5, 0.6) is 0 Å². The predicted molar refractivity (Wildman–Crippen MR) is 126 cm³/mol. The fourth-order valence-electron chi connectivity index (χ4n) is 3.49. The Kier molecular flexibility index (Phi) is 6.91. The van der Waals surface area contributed by atoms with E-state index in [4.69, 9.17) is 23.4 Å². The van der Waals surface area contributed by atoms with Gasteiger partial charge in [-0.1, -0.05) is 11.6 Å². The molecule has 33 heavy (non-hydrogen) atoms. The van der Waals surface area contributed by atoms with Crippen LogP contribution in [-0.2, 0) is 10.0 Å². The third-order valence-corrected chi connectivity index (χ3v) is 8.53. The van der Waals surface area contributed by atoms with E-state index in [0.717, 1.165) is 36.4 Å². The fourth-order valence-corrected chi connectivity index (χ4v) is 5.86. The van der Waals surface area contributed by atoms with Crippen molar-refractivity contribution < 1.29 is 17.2 Å². The molecule has 2 heterocycles. The minimum absolute atomic E-state index is 0.0675. The first kappa shape index (κ1) is 23.9. The Morgan fingerprint density at radius 1 is 1.24 bits per heavy atom. The number of rotatable bonds is 7. The number of halogens is 4. The molecule has 0 saturated carbocycles. The molecule has 1 aliphatic heterocycles. The fraction of sp³-hybridized carbons (Fsp3) is 0.263. The Bertz CT molecular complexity index is 1260. The Balaban J connectivity index is 1.65. The summed E-state index contributed by atoms with van der Waals surface area (Å²) in [6, 6.07) is 6.35. The van der Waals surface area contributed by atoms with Crippen LogP contribution >= 0.6 is 34.9 Å². The third-order valence-electron chi connectivity index (χ3n) is 5.18. The predicted octanol–water partition coefficient (Wildman–Crippen LogP) is 4.36. The molecule has 4 rings (SSSR count). The summed E-state index contributed by atoms with van der Waals surface area (Å²) in [4.78, 5) is 4.99. The Labute approximate surface area is 203 Å². The number of nitrogens with zero attached hydrogens (tertiary/aromatic N) is 4. The normalized spacial score (nSPS) is 16.3. The summed E-state index contributed by atoms with van der Waals surface area (Å²) in [6.45, 7) is 1.38. The van der Waals surface area contributed by atoms with Crippen LogP contribution in [0.3, 0.4) is 0 Å². The van der Waals surface area contributed by atoms with Gasteiger partial charge in [0.05, 0.1) is 22.1 Å². The molecule has 0 amide bonds. The van der Waals surface area contributed by atoms with Crippen molar-refractivity contribution in [3.63, 3.8) is 0 Å². The number of aromatic nitrogens is 2. The average Bonchev–Trinajstić information content (AvgIpc) is 3.48. The lowest BCUT2D eigenvalue weighted by molar-refractivity contribution is 0.568. The molecular weight excluding hydrogens is 517 g/mol. The maximum atomic E-state index is 14.9.